The van der Waals surface area contributed by atoms with E-state index in [1.807, 2.05) is 13.0 Å². The van der Waals surface area contributed by atoms with E-state index in [0.717, 1.165) is 21.9 Å². The van der Waals surface area contributed by atoms with Crippen LogP contribution < -0.4 is 5.63 Å². The van der Waals surface area contributed by atoms with Crippen LogP contribution in [0.15, 0.2) is 20.5 Å². The molecule has 2 aromatic rings. The topological polar surface area (TPSA) is 43.1 Å². The van der Waals surface area contributed by atoms with E-state index in [0.29, 0.717) is 10.6 Å². The summed E-state index contributed by atoms with van der Waals surface area (Å²) in [6.45, 7) is 4.25. The summed E-state index contributed by atoms with van der Waals surface area (Å²) in [5.74, 6) is 0.975. The molecule has 0 atom stereocenters. The average molecular weight is 368 g/mol. The molecule has 0 radical (unpaired) electrons. The van der Waals surface area contributed by atoms with Gasteiger partial charge in [-0.3, -0.25) is 0 Å². The molecule has 24 heavy (non-hydrogen) atoms. The lowest BCUT2D eigenvalue weighted by Gasteiger charge is -2.02. The second-order valence-electron chi connectivity index (χ2n) is 6.37. The van der Waals surface area contributed by atoms with Crippen LogP contribution in [-0.4, -0.2) is 10.7 Å². The molecule has 0 unspecified atom stereocenters. The summed E-state index contributed by atoms with van der Waals surface area (Å²) < 4.78 is 5.30. The van der Waals surface area contributed by atoms with Gasteiger partial charge in [0, 0.05) is 10.6 Å². The van der Waals surface area contributed by atoms with Gasteiger partial charge < -0.3 is 4.42 Å². The standard InChI is InChI=1S/C19H29NO2S2/c1-3-4-5-6-7-8-9-10-11-12-13-23-19-20-17-16(18(21)22-19)14-15(2)24-17/h14H,3-13H2,1-2H3. The fourth-order valence-electron chi connectivity index (χ4n) is 2.78. The molecule has 5 heteroatoms. The quantitative estimate of drug-likeness (QED) is 0.314. The maximum atomic E-state index is 11.9. The van der Waals surface area contributed by atoms with Gasteiger partial charge >= 0.3 is 5.63 Å². The van der Waals surface area contributed by atoms with Gasteiger partial charge in [-0.15, -0.1) is 11.3 Å². The minimum atomic E-state index is -0.255. The SMILES string of the molecule is CCCCCCCCCCCCSc1nc2sc(C)cc2c(=O)o1. The number of fused-ring (bicyclic) bond motifs is 1. The van der Waals surface area contributed by atoms with Gasteiger partial charge in [0.1, 0.15) is 4.83 Å². The van der Waals surface area contributed by atoms with E-state index in [1.54, 1.807) is 23.1 Å². The lowest BCUT2D eigenvalue weighted by molar-refractivity contribution is 0.401. The highest BCUT2D eigenvalue weighted by Gasteiger charge is 2.09. The molecular weight excluding hydrogens is 338 g/mol. The predicted octanol–water partition coefficient (Wildman–Crippen LogP) is 6.57. The van der Waals surface area contributed by atoms with Crippen molar-refractivity contribution < 1.29 is 4.42 Å². The Morgan fingerprint density at radius 3 is 2.33 bits per heavy atom. The number of aryl methyl sites for hydroxylation is 1. The summed E-state index contributed by atoms with van der Waals surface area (Å²) in [7, 11) is 0. The number of rotatable bonds is 12. The zero-order valence-electron chi connectivity index (χ0n) is 14.9. The Kier molecular flexibility index (Phi) is 8.89. The normalized spacial score (nSPS) is 11.4. The van der Waals surface area contributed by atoms with Crippen LogP contribution in [-0.2, 0) is 0 Å². The van der Waals surface area contributed by atoms with Gasteiger partial charge in [-0.2, -0.15) is 4.98 Å². The second-order valence-corrected chi connectivity index (χ2v) is 8.65. The van der Waals surface area contributed by atoms with Crippen molar-refractivity contribution in [3.05, 3.63) is 21.4 Å². The molecule has 0 saturated carbocycles. The summed E-state index contributed by atoms with van der Waals surface area (Å²) in [4.78, 5) is 18.3. The van der Waals surface area contributed by atoms with Crippen molar-refractivity contribution >= 4 is 33.3 Å². The van der Waals surface area contributed by atoms with Crippen molar-refractivity contribution in [1.82, 2.24) is 4.98 Å². The number of thiophene rings is 1. The van der Waals surface area contributed by atoms with Crippen LogP contribution in [0.25, 0.3) is 10.2 Å². The third-order valence-corrected chi connectivity index (χ3v) is 6.01. The number of aromatic nitrogens is 1. The van der Waals surface area contributed by atoms with E-state index in [-0.39, 0.29) is 5.63 Å². The number of hydrogen-bond donors (Lipinski definition) is 0. The summed E-state index contributed by atoms with van der Waals surface area (Å²) >= 11 is 3.12. The van der Waals surface area contributed by atoms with E-state index >= 15 is 0 Å². The molecular formula is C19H29NO2S2. The molecule has 0 aliphatic carbocycles. The molecule has 0 fully saturated rings. The van der Waals surface area contributed by atoms with Crippen molar-refractivity contribution in [1.29, 1.82) is 0 Å². The number of hydrogen-bond acceptors (Lipinski definition) is 5. The molecule has 3 nitrogen and oxygen atoms in total. The van der Waals surface area contributed by atoms with Crippen molar-refractivity contribution in [2.45, 2.75) is 83.3 Å². The van der Waals surface area contributed by atoms with Crippen LogP contribution in [0.2, 0.25) is 0 Å². The fraction of sp³-hybridized carbons (Fsp3) is 0.684. The van der Waals surface area contributed by atoms with E-state index in [1.165, 1.54) is 57.8 Å². The van der Waals surface area contributed by atoms with Gasteiger partial charge in [0.25, 0.3) is 5.22 Å². The van der Waals surface area contributed by atoms with Gasteiger partial charge in [-0.05, 0) is 19.4 Å². The highest BCUT2D eigenvalue weighted by Crippen LogP contribution is 2.24. The second kappa shape index (κ2) is 10.9. The van der Waals surface area contributed by atoms with Crippen molar-refractivity contribution in [3.8, 4) is 0 Å². The lowest BCUT2D eigenvalue weighted by Crippen LogP contribution is -2.00. The first kappa shape index (κ1) is 19.5. The molecule has 0 aliphatic heterocycles. The van der Waals surface area contributed by atoms with Crippen LogP contribution in [0, 0.1) is 6.92 Å². The van der Waals surface area contributed by atoms with E-state index in [4.69, 9.17) is 4.42 Å². The summed E-state index contributed by atoms with van der Waals surface area (Å²) in [5, 5.41) is 1.13. The van der Waals surface area contributed by atoms with Crippen molar-refractivity contribution in [2.24, 2.45) is 0 Å². The first-order valence-corrected chi connectivity index (χ1v) is 11.0. The summed E-state index contributed by atoms with van der Waals surface area (Å²) in [5.41, 5.74) is -0.255. The summed E-state index contributed by atoms with van der Waals surface area (Å²) in [6, 6.07) is 1.86. The molecule has 2 rings (SSSR count). The molecule has 2 heterocycles. The molecule has 2 aromatic heterocycles. The van der Waals surface area contributed by atoms with E-state index < -0.39 is 0 Å². The monoisotopic (exact) mass is 367 g/mol. The van der Waals surface area contributed by atoms with Crippen molar-refractivity contribution in [3.63, 3.8) is 0 Å². The zero-order valence-corrected chi connectivity index (χ0v) is 16.6. The Labute approximate surface area is 153 Å². The number of thioether (sulfide) groups is 1. The van der Waals surface area contributed by atoms with Gasteiger partial charge in [-0.1, -0.05) is 76.5 Å². The highest BCUT2D eigenvalue weighted by molar-refractivity contribution is 7.99. The van der Waals surface area contributed by atoms with Gasteiger partial charge in [0.2, 0.25) is 0 Å². The van der Waals surface area contributed by atoms with Crippen LogP contribution >= 0.6 is 23.1 Å². The maximum Gasteiger partial charge on any atom is 0.348 e. The van der Waals surface area contributed by atoms with Gasteiger partial charge in [-0.25, -0.2) is 4.79 Å². The molecule has 0 spiro atoms. The Hall–Kier alpha value is -0.810. The lowest BCUT2D eigenvalue weighted by atomic mass is 10.1. The smallest absolute Gasteiger partial charge is 0.348 e. The Bertz CT molecular complexity index is 663. The Morgan fingerprint density at radius 1 is 1.04 bits per heavy atom. The summed E-state index contributed by atoms with van der Waals surface area (Å²) in [6.07, 6.45) is 13.4. The molecule has 0 bridgehead atoms. The molecule has 0 aromatic carbocycles. The minimum Gasteiger partial charge on any atom is -0.397 e. The number of unbranched alkanes of at least 4 members (excludes halogenated alkanes) is 9. The third kappa shape index (κ3) is 6.60. The van der Waals surface area contributed by atoms with Crippen LogP contribution in [0.5, 0.6) is 0 Å². The fourth-order valence-corrected chi connectivity index (χ4v) is 4.52. The van der Waals surface area contributed by atoms with Crippen LogP contribution in [0.4, 0.5) is 0 Å². The maximum absolute atomic E-state index is 11.9. The molecule has 0 aliphatic rings. The van der Waals surface area contributed by atoms with Gasteiger partial charge in [0.15, 0.2) is 0 Å². The average Bonchev–Trinajstić information content (AvgIpc) is 2.93. The largest absolute Gasteiger partial charge is 0.397 e. The Balaban J connectivity index is 1.57. The minimum absolute atomic E-state index is 0.255. The predicted molar refractivity (Wildman–Crippen MR) is 105 cm³/mol. The Morgan fingerprint density at radius 2 is 1.67 bits per heavy atom. The van der Waals surface area contributed by atoms with Crippen LogP contribution in [0.3, 0.4) is 0 Å². The van der Waals surface area contributed by atoms with Gasteiger partial charge in [0.05, 0.1) is 5.39 Å². The van der Waals surface area contributed by atoms with Crippen LogP contribution in [0.1, 0.15) is 76.0 Å². The number of nitrogens with zero attached hydrogens (tertiary/aromatic N) is 1. The zero-order chi connectivity index (χ0) is 17.2. The van der Waals surface area contributed by atoms with E-state index in [2.05, 4.69) is 11.9 Å². The highest BCUT2D eigenvalue weighted by atomic mass is 32.2. The molecule has 0 N–H and O–H groups in total. The third-order valence-electron chi connectivity index (χ3n) is 4.15. The molecule has 0 amide bonds. The van der Waals surface area contributed by atoms with E-state index in [9.17, 15) is 4.79 Å². The first-order valence-electron chi connectivity index (χ1n) is 9.25. The molecule has 0 saturated heterocycles. The molecule has 134 valence electrons. The van der Waals surface area contributed by atoms with Crippen molar-refractivity contribution in [2.75, 3.05) is 5.75 Å². The first-order chi connectivity index (χ1) is 11.7.